The first-order valence-electron chi connectivity index (χ1n) is 6.19. The van der Waals surface area contributed by atoms with Crippen LogP contribution >= 0.6 is 27.7 Å². The molecule has 20 heavy (non-hydrogen) atoms. The van der Waals surface area contributed by atoms with E-state index >= 15 is 0 Å². The molecule has 102 valence electrons. The molecule has 1 amide bonds. The molecule has 0 spiro atoms. The number of hydrogen-bond donors (Lipinski definition) is 2. The molecular weight excluding hydrogens is 336 g/mol. The fraction of sp³-hybridized carbons (Fsp3) is 0.133. The van der Waals surface area contributed by atoms with Crippen molar-refractivity contribution < 1.29 is 4.79 Å². The Morgan fingerprint density at radius 3 is 2.85 bits per heavy atom. The second-order valence-electron chi connectivity index (χ2n) is 4.50. The molecule has 5 heteroatoms. The highest BCUT2D eigenvalue weighted by Crippen LogP contribution is 2.36. The largest absolute Gasteiger partial charge is 0.369 e. The van der Waals surface area contributed by atoms with E-state index < -0.39 is 0 Å². The Balaban J connectivity index is 1.96. The third-order valence-corrected chi connectivity index (χ3v) is 4.54. The van der Waals surface area contributed by atoms with Crippen molar-refractivity contribution >= 4 is 45.0 Å². The topological polar surface area (TPSA) is 41.1 Å². The lowest BCUT2D eigenvalue weighted by Crippen LogP contribution is -2.20. The molecule has 1 aliphatic heterocycles. The van der Waals surface area contributed by atoms with Crippen LogP contribution in [0.25, 0.3) is 0 Å². The van der Waals surface area contributed by atoms with Crippen LogP contribution < -0.4 is 10.6 Å². The molecule has 1 aliphatic rings. The molecule has 1 atom stereocenters. The molecule has 3 nitrogen and oxygen atoms in total. The van der Waals surface area contributed by atoms with Gasteiger partial charge in [-0.25, -0.2) is 0 Å². The molecule has 0 saturated heterocycles. The lowest BCUT2D eigenvalue weighted by Gasteiger charge is -2.15. The van der Waals surface area contributed by atoms with Crippen LogP contribution in [0.1, 0.15) is 11.6 Å². The molecule has 2 N–H and O–H groups in total. The molecule has 1 heterocycles. The zero-order chi connectivity index (χ0) is 14.1. The van der Waals surface area contributed by atoms with Crippen molar-refractivity contribution in [2.75, 3.05) is 16.9 Å². The number of thioether (sulfide) groups is 1. The molecular formula is C15H13BrN2OS. The summed E-state index contributed by atoms with van der Waals surface area (Å²) in [6.07, 6.45) is 2.03. The Labute approximate surface area is 130 Å². The fourth-order valence-electron chi connectivity index (χ4n) is 2.30. The van der Waals surface area contributed by atoms with Crippen molar-refractivity contribution in [3.8, 4) is 0 Å². The van der Waals surface area contributed by atoms with Gasteiger partial charge in [0.25, 0.3) is 5.91 Å². The van der Waals surface area contributed by atoms with Gasteiger partial charge in [0.2, 0.25) is 0 Å². The highest BCUT2D eigenvalue weighted by Gasteiger charge is 2.30. The van der Waals surface area contributed by atoms with Gasteiger partial charge in [-0.15, -0.1) is 11.8 Å². The smallest absolute Gasteiger partial charge is 0.251 e. The first-order chi connectivity index (χ1) is 9.69. The van der Waals surface area contributed by atoms with Crippen LogP contribution in [0.3, 0.4) is 0 Å². The highest BCUT2D eigenvalue weighted by atomic mass is 79.9. The minimum atomic E-state index is -0.351. The number of hydrogen-bond acceptors (Lipinski definition) is 3. The van der Waals surface area contributed by atoms with Gasteiger partial charge < -0.3 is 10.6 Å². The van der Waals surface area contributed by atoms with Gasteiger partial charge >= 0.3 is 0 Å². The van der Waals surface area contributed by atoms with E-state index in [0.29, 0.717) is 0 Å². The summed E-state index contributed by atoms with van der Waals surface area (Å²) >= 11 is 5.12. The van der Waals surface area contributed by atoms with Crippen LogP contribution in [-0.4, -0.2) is 12.2 Å². The SMILES string of the molecule is CSc1ccccc1NC1C(=O)Nc2ccc(Br)cc21. The van der Waals surface area contributed by atoms with Crippen molar-refractivity contribution in [3.05, 3.63) is 52.5 Å². The standard InChI is InChI=1S/C15H13BrN2OS/c1-20-13-5-3-2-4-12(13)17-14-10-8-9(16)6-7-11(10)18-15(14)19/h2-8,14,17H,1H3,(H,18,19). The number of benzene rings is 2. The van der Waals surface area contributed by atoms with Crippen LogP contribution in [0.15, 0.2) is 51.8 Å². The number of nitrogens with one attached hydrogen (secondary N) is 2. The maximum atomic E-state index is 12.2. The molecule has 0 bridgehead atoms. The van der Waals surface area contributed by atoms with Crippen LogP contribution in [-0.2, 0) is 4.79 Å². The number of amides is 1. The van der Waals surface area contributed by atoms with Crippen LogP contribution in [0.2, 0.25) is 0 Å². The summed E-state index contributed by atoms with van der Waals surface area (Å²) in [5.74, 6) is -0.0194. The Morgan fingerprint density at radius 2 is 2.05 bits per heavy atom. The van der Waals surface area contributed by atoms with Gasteiger partial charge in [-0.2, -0.15) is 0 Å². The summed E-state index contributed by atoms with van der Waals surface area (Å²) < 4.78 is 0.970. The van der Waals surface area contributed by atoms with Crippen molar-refractivity contribution in [3.63, 3.8) is 0 Å². The van der Waals surface area contributed by atoms with Gasteiger partial charge in [0.15, 0.2) is 0 Å². The van der Waals surface area contributed by atoms with Crippen LogP contribution in [0.4, 0.5) is 11.4 Å². The van der Waals surface area contributed by atoms with Crippen LogP contribution in [0.5, 0.6) is 0 Å². The molecule has 3 rings (SSSR count). The first kappa shape index (κ1) is 13.5. The van der Waals surface area contributed by atoms with E-state index in [9.17, 15) is 4.79 Å². The normalized spacial score (nSPS) is 16.7. The monoisotopic (exact) mass is 348 g/mol. The van der Waals surface area contributed by atoms with Crippen LogP contribution in [0, 0.1) is 0 Å². The molecule has 0 saturated carbocycles. The Morgan fingerprint density at radius 1 is 1.25 bits per heavy atom. The molecule has 1 unspecified atom stereocenters. The van der Waals surface area contributed by atoms with E-state index in [0.717, 1.165) is 26.3 Å². The Bertz CT molecular complexity index is 675. The van der Waals surface area contributed by atoms with E-state index in [1.807, 2.05) is 48.7 Å². The molecule has 0 aliphatic carbocycles. The molecule has 2 aromatic rings. The summed E-state index contributed by atoms with van der Waals surface area (Å²) in [6.45, 7) is 0. The molecule has 0 aromatic heterocycles. The maximum Gasteiger partial charge on any atom is 0.251 e. The van der Waals surface area contributed by atoms with Gasteiger partial charge in [0.1, 0.15) is 6.04 Å². The summed E-state index contributed by atoms with van der Waals surface area (Å²) in [4.78, 5) is 13.3. The third kappa shape index (κ3) is 2.43. The third-order valence-electron chi connectivity index (χ3n) is 3.25. The van der Waals surface area contributed by atoms with Gasteiger partial charge in [-0.1, -0.05) is 28.1 Å². The predicted octanol–water partition coefficient (Wildman–Crippen LogP) is 4.28. The zero-order valence-corrected chi connectivity index (χ0v) is 13.2. The molecule has 0 radical (unpaired) electrons. The van der Waals surface area contributed by atoms with E-state index in [4.69, 9.17) is 0 Å². The minimum absolute atomic E-state index is 0.0194. The number of para-hydroxylation sites is 1. The summed E-state index contributed by atoms with van der Waals surface area (Å²) in [6, 6.07) is 13.5. The lowest BCUT2D eigenvalue weighted by atomic mass is 10.1. The van der Waals surface area contributed by atoms with E-state index in [2.05, 4.69) is 26.6 Å². The number of anilines is 2. The Kier molecular flexibility index (Phi) is 3.72. The van der Waals surface area contributed by atoms with E-state index in [1.54, 1.807) is 11.8 Å². The Hall–Kier alpha value is -1.46. The number of fused-ring (bicyclic) bond motifs is 1. The molecule has 0 fully saturated rings. The zero-order valence-electron chi connectivity index (χ0n) is 10.8. The minimum Gasteiger partial charge on any atom is -0.369 e. The number of rotatable bonds is 3. The summed E-state index contributed by atoms with van der Waals surface area (Å²) in [5, 5.41) is 6.24. The number of carbonyl (C=O) groups excluding carboxylic acids is 1. The maximum absolute atomic E-state index is 12.2. The number of halogens is 1. The first-order valence-corrected chi connectivity index (χ1v) is 8.20. The highest BCUT2D eigenvalue weighted by molar-refractivity contribution is 9.10. The van der Waals surface area contributed by atoms with Gasteiger partial charge in [-0.05, 0) is 36.6 Å². The van der Waals surface area contributed by atoms with Crippen molar-refractivity contribution in [1.29, 1.82) is 0 Å². The quantitative estimate of drug-likeness (QED) is 0.813. The van der Waals surface area contributed by atoms with Gasteiger partial charge in [-0.3, -0.25) is 4.79 Å². The van der Waals surface area contributed by atoms with Crippen molar-refractivity contribution in [1.82, 2.24) is 0 Å². The second kappa shape index (κ2) is 5.50. The van der Waals surface area contributed by atoms with E-state index in [1.165, 1.54) is 0 Å². The summed E-state index contributed by atoms with van der Waals surface area (Å²) in [7, 11) is 0. The average Bonchev–Trinajstić information content (AvgIpc) is 2.76. The van der Waals surface area contributed by atoms with Crippen molar-refractivity contribution in [2.24, 2.45) is 0 Å². The molecule has 2 aromatic carbocycles. The predicted molar refractivity (Wildman–Crippen MR) is 87.4 cm³/mol. The van der Waals surface area contributed by atoms with Crippen molar-refractivity contribution in [2.45, 2.75) is 10.9 Å². The van der Waals surface area contributed by atoms with E-state index in [-0.39, 0.29) is 11.9 Å². The van der Waals surface area contributed by atoms with Gasteiger partial charge in [0, 0.05) is 26.3 Å². The second-order valence-corrected chi connectivity index (χ2v) is 6.26. The number of carbonyl (C=O) groups is 1. The van der Waals surface area contributed by atoms with Gasteiger partial charge in [0.05, 0.1) is 0 Å². The lowest BCUT2D eigenvalue weighted by molar-refractivity contribution is -0.116. The average molecular weight is 349 g/mol. The summed E-state index contributed by atoms with van der Waals surface area (Å²) in [5.41, 5.74) is 2.82. The fourth-order valence-corrected chi connectivity index (χ4v) is 3.24.